The van der Waals surface area contributed by atoms with Gasteiger partial charge in [0, 0.05) is 11.1 Å². The number of aromatic nitrogens is 3. The molecule has 0 radical (unpaired) electrons. The summed E-state index contributed by atoms with van der Waals surface area (Å²) in [5, 5.41) is 23.8. The Labute approximate surface area is 155 Å². The lowest BCUT2D eigenvalue weighted by molar-refractivity contribution is 0.475. The van der Waals surface area contributed by atoms with Crippen LogP contribution in [0.15, 0.2) is 65.8 Å². The van der Waals surface area contributed by atoms with Gasteiger partial charge in [0.2, 0.25) is 4.77 Å². The quantitative estimate of drug-likeness (QED) is 0.413. The van der Waals surface area contributed by atoms with Gasteiger partial charge in [0.25, 0.3) is 0 Å². The van der Waals surface area contributed by atoms with Crippen molar-refractivity contribution >= 4 is 29.2 Å². The number of phenolic OH excluding ortho intramolecular Hbond substituents is 1. The molecular formula is C20H16N4OS. The van der Waals surface area contributed by atoms with Gasteiger partial charge in [-0.05, 0) is 42.0 Å². The lowest BCUT2D eigenvalue weighted by Crippen LogP contribution is -1.96. The first-order valence-electron chi connectivity index (χ1n) is 8.13. The van der Waals surface area contributed by atoms with Crippen LogP contribution in [-0.2, 0) is 0 Å². The van der Waals surface area contributed by atoms with E-state index in [0.29, 0.717) is 16.2 Å². The van der Waals surface area contributed by atoms with Crippen LogP contribution in [0.25, 0.3) is 22.2 Å². The standard InChI is InChI=1S/C20H16N4OS/c1-13-5-4-7-15(11-13)19-22-23-20(26)24(19)21-12-17-16-8-3-2-6-14(16)9-10-18(17)25/h2-12,25H,1H3,(H,23,26). The van der Waals surface area contributed by atoms with Gasteiger partial charge in [-0.3, -0.25) is 0 Å². The second-order valence-corrected chi connectivity index (χ2v) is 6.38. The molecule has 0 bridgehead atoms. The van der Waals surface area contributed by atoms with Gasteiger partial charge in [0.05, 0.1) is 6.21 Å². The second kappa shape index (κ2) is 6.57. The van der Waals surface area contributed by atoms with E-state index in [1.165, 1.54) is 0 Å². The molecule has 3 aromatic carbocycles. The summed E-state index contributed by atoms with van der Waals surface area (Å²) in [6.07, 6.45) is 1.61. The molecule has 128 valence electrons. The number of fused-ring (bicyclic) bond motifs is 1. The first-order chi connectivity index (χ1) is 12.6. The summed E-state index contributed by atoms with van der Waals surface area (Å²) in [7, 11) is 0. The number of aryl methyl sites for hydroxylation is 1. The molecule has 1 aromatic heterocycles. The topological polar surface area (TPSA) is 66.2 Å². The molecule has 5 nitrogen and oxygen atoms in total. The van der Waals surface area contributed by atoms with Gasteiger partial charge in [0.15, 0.2) is 5.82 Å². The highest BCUT2D eigenvalue weighted by Gasteiger charge is 2.09. The lowest BCUT2D eigenvalue weighted by atomic mass is 10.0. The first kappa shape index (κ1) is 16.2. The van der Waals surface area contributed by atoms with Crippen molar-refractivity contribution in [1.82, 2.24) is 14.9 Å². The molecule has 0 fully saturated rings. The van der Waals surface area contributed by atoms with E-state index in [1.54, 1.807) is 17.0 Å². The summed E-state index contributed by atoms with van der Waals surface area (Å²) in [5.74, 6) is 0.786. The zero-order valence-corrected chi connectivity index (χ0v) is 14.9. The molecule has 0 spiro atoms. The van der Waals surface area contributed by atoms with E-state index in [2.05, 4.69) is 15.3 Å². The van der Waals surface area contributed by atoms with Gasteiger partial charge in [-0.2, -0.15) is 14.9 Å². The van der Waals surface area contributed by atoms with Crippen molar-refractivity contribution in [3.05, 3.63) is 76.6 Å². The molecule has 26 heavy (non-hydrogen) atoms. The van der Waals surface area contributed by atoms with E-state index < -0.39 is 0 Å². The average molecular weight is 360 g/mol. The van der Waals surface area contributed by atoms with Gasteiger partial charge in [-0.1, -0.05) is 54.1 Å². The third kappa shape index (κ3) is 2.91. The number of hydrogen-bond donors (Lipinski definition) is 2. The molecule has 2 N–H and O–H groups in total. The van der Waals surface area contributed by atoms with Gasteiger partial charge in [0.1, 0.15) is 5.75 Å². The Bertz CT molecular complexity index is 1190. The Balaban J connectivity index is 1.83. The van der Waals surface area contributed by atoms with Gasteiger partial charge < -0.3 is 5.11 Å². The van der Waals surface area contributed by atoms with Crippen molar-refractivity contribution in [1.29, 1.82) is 0 Å². The summed E-state index contributed by atoms with van der Waals surface area (Å²) >= 11 is 5.32. The predicted molar refractivity (Wildman–Crippen MR) is 106 cm³/mol. The van der Waals surface area contributed by atoms with E-state index in [-0.39, 0.29) is 5.75 Å². The second-order valence-electron chi connectivity index (χ2n) is 6.00. The normalized spacial score (nSPS) is 11.4. The van der Waals surface area contributed by atoms with Crippen molar-refractivity contribution in [2.45, 2.75) is 6.92 Å². The van der Waals surface area contributed by atoms with E-state index in [0.717, 1.165) is 21.9 Å². The van der Waals surface area contributed by atoms with Crippen LogP contribution in [0.4, 0.5) is 0 Å². The Kier molecular flexibility index (Phi) is 4.10. The number of aromatic hydroxyl groups is 1. The number of rotatable bonds is 3. The smallest absolute Gasteiger partial charge is 0.216 e. The van der Waals surface area contributed by atoms with Crippen molar-refractivity contribution in [3.8, 4) is 17.1 Å². The van der Waals surface area contributed by atoms with Crippen LogP contribution in [-0.4, -0.2) is 26.2 Å². The fourth-order valence-corrected chi connectivity index (χ4v) is 3.08. The average Bonchev–Trinajstić information content (AvgIpc) is 3.01. The summed E-state index contributed by atoms with van der Waals surface area (Å²) < 4.78 is 1.95. The number of nitrogens with one attached hydrogen (secondary N) is 1. The largest absolute Gasteiger partial charge is 0.507 e. The molecule has 0 saturated carbocycles. The first-order valence-corrected chi connectivity index (χ1v) is 8.54. The molecule has 6 heteroatoms. The Morgan fingerprint density at radius 1 is 1.12 bits per heavy atom. The van der Waals surface area contributed by atoms with Gasteiger partial charge in [-0.25, -0.2) is 5.10 Å². The molecule has 0 aliphatic rings. The number of phenols is 1. The number of H-pyrrole nitrogens is 1. The molecular weight excluding hydrogens is 344 g/mol. The fraction of sp³-hybridized carbons (Fsp3) is 0.0500. The van der Waals surface area contributed by atoms with Crippen LogP contribution in [0.1, 0.15) is 11.1 Å². The Morgan fingerprint density at radius 2 is 1.96 bits per heavy atom. The zero-order chi connectivity index (χ0) is 18.1. The van der Waals surface area contributed by atoms with E-state index in [4.69, 9.17) is 12.2 Å². The number of benzene rings is 3. The molecule has 4 rings (SSSR count). The molecule has 0 aliphatic carbocycles. The third-order valence-corrected chi connectivity index (χ3v) is 4.44. The van der Waals surface area contributed by atoms with Crippen LogP contribution in [0, 0.1) is 11.7 Å². The van der Waals surface area contributed by atoms with Gasteiger partial charge >= 0.3 is 0 Å². The van der Waals surface area contributed by atoms with Crippen molar-refractivity contribution in [3.63, 3.8) is 0 Å². The summed E-state index contributed by atoms with van der Waals surface area (Å²) in [6, 6.07) is 19.3. The Hall–Kier alpha value is -3.25. The van der Waals surface area contributed by atoms with Crippen molar-refractivity contribution in [2.24, 2.45) is 5.10 Å². The zero-order valence-electron chi connectivity index (χ0n) is 14.0. The van der Waals surface area contributed by atoms with E-state index >= 15 is 0 Å². The minimum atomic E-state index is 0.166. The summed E-state index contributed by atoms with van der Waals surface area (Å²) in [4.78, 5) is 0. The lowest BCUT2D eigenvalue weighted by Gasteiger charge is -2.05. The minimum absolute atomic E-state index is 0.166. The van der Waals surface area contributed by atoms with Crippen LogP contribution >= 0.6 is 12.2 Å². The van der Waals surface area contributed by atoms with Crippen LogP contribution in [0.2, 0.25) is 0 Å². The molecule has 0 atom stereocenters. The molecule has 4 aromatic rings. The maximum atomic E-state index is 10.3. The van der Waals surface area contributed by atoms with Crippen LogP contribution < -0.4 is 0 Å². The van der Waals surface area contributed by atoms with E-state index in [1.807, 2.05) is 61.5 Å². The van der Waals surface area contributed by atoms with Crippen LogP contribution in [0.5, 0.6) is 5.75 Å². The minimum Gasteiger partial charge on any atom is -0.507 e. The maximum absolute atomic E-state index is 10.3. The molecule has 0 saturated heterocycles. The third-order valence-electron chi connectivity index (χ3n) is 4.18. The maximum Gasteiger partial charge on any atom is 0.216 e. The van der Waals surface area contributed by atoms with Crippen LogP contribution in [0.3, 0.4) is 0 Å². The number of hydrogen-bond acceptors (Lipinski definition) is 4. The molecule has 0 amide bonds. The van der Waals surface area contributed by atoms with E-state index in [9.17, 15) is 5.11 Å². The monoisotopic (exact) mass is 360 g/mol. The highest BCUT2D eigenvalue weighted by molar-refractivity contribution is 7.71. The van der Waals surface area contributed by atoms with Crippen molar-refractivity contribution < 1.29 is 5.11 Å². The molecule has 0 aliphatic heterocycles. The molecule has 1 heterocycles. The summed E-state index contributed by atoms with van der Waals surface area (Å²) in [6.45, 7) is 2.02. The highest BCUT2D eigenvalue weighted by atomic mass is 32.1. The SMILES string of the molecule is Cc1cccc(-c2n[nH]c(=S)n2N=Cc2c(O)ccc3ccccc23)c1. The highest BCUT2D eigenvalue weighted by Crippen LogP contribution is 2.26. The van der Waals surface area contributed by atoms with Crippen molar-refractivity contribution in [2.75, 3.05) is 0 Å². The number of nitrogens with zero attached hydrogens (tertiary/aromatic N) is 3. The van der Waals surface area contributed by atoms with Gasteiger partial charge in [-0.15, -0.1) is 0 Å². The predicted octanol–water partition coefficient (Wildman–Crippen LogP) is 4.66. The summed E-state index contributed by atoms with van der Waals surface area (Å²) in [5.41, 5.74) is 2.68. The molecule has 0 unspecified atom stereocenters. The fourth-order valence-electron chi connectivity index (χ4n) is 2.91. The Morgan fingerprint density at radius 3 is 2.81 bits per heavy atom. The number of aromatic amines is 1.